The van der Waals surface area contributed by atoms with E-state index in [1.165, 1.54) is 0 Å². The standard InChI is InChI=1S/C23H33ClN6O3S/c1-15-12-29(13-16(2)26-15)20-8-18(34(32,33)27-23(3)5-6-23)9-21-19(20)11-25-30(21)17-4-7-28(14-17)22(31)10-24/h8-9,11,15-17,26-27H,4-7,10,12-14H2,1-3H3/t15-,16+,17?. The molecule has 9 nitrogen and oxygen atoms in total. The maximum Gasteiger partial charge on any atom is 0.241 e. The van der Waals surface area contributed by atoms with E-state index in [0.29, 0.717) is 13.1 Å². The van der Waals surface area contributed by atoms with Gasteiger partial charge in [0, 0.05) is 54.9 Å². The largest absolute Gasteiger partial charge is 0.368 e. The van der Waals surface area contributed by atoms with Gasteiger partial charge in [0.1, 0.15) is 5.88 Å². The van der Waals surface area contributed by atoms with Crippen LogP contribution in [0.15, 0.2) is 23.2 Å². The molecule has 3 fully saturated rings. The lowest BCUT2D eigenvalue weighted by Crippen LogP contribution is -2.54. The average molecular weight is 509 g/mol. The zero-order valence-corrected chi connectivity index (χ0v) is 21.5. The summed E-state index contributed by atoms with van der Waals surface area (Å²) in [4.78, 5) is 16.4. The summed E-state index contributed by atoms with van der Waals surface area (Å²) in [6.45, 7) is 8.92. The van der Waals surface area contributed by atoms with Crippen molar-refractivity contribution in [1.29, 1.82) is 0 Å². The van der Waals surface area contributed by atoms with Gasteiger partial charge in [0.05, 0.1) is 22.7 Å². The Bertz CT molecular complexity index is 1200. The zero-order valence-electron chi connectivity index (χ0n) is 19.9. The molecule has 0 radical (unpaired) electrons. The summed E-state index contributed by atoms with van der Waals surface area (Å²) >= 11 is 5.76. The van der Waals surface area contributed by atoms with Crippen molar-refractivity contribution < 1.29 is 13.2 Å². The molecule has 1 saturated carbocycles. The first-order valence-electron chi connectivity index (χ1n) is 12.0. The number of anilines is 1. The number of halogens is 1. The van der Waals surface area contributed by atoms with E-state index < -0.39 is 10.0 Å². The van der Waals surface area contributed by atoms with Crippen molar-refractivity contribution in [3.05, 3.63) is 18.3 Å². The maximum absolute atomic E-state index is 13.4. The number of hydrogen-bond donors (Lipinski definition) is 2. The number of nitrogens with one attached hydrogen (secondary N) is 2. The second kappa shape index (κ2) is 8.65. The third-order valence-corrected chi connectivity index (χ3v) is 9.08. The van der Waals surface area contributed by atoms with Crippen molar-refractivity contribution >= 4 is 44.1 Å². The molecule has 34 heavy (non-hydrogen) atoms. The fourth-order valence-electron chi connectivity index (χ4n) is 5.26. The number of carbonyl (C=O) groups excluding carboxylic acids is 1. The summed E-state index contributed by atoms with van der Waals surface area (Å²) in [5, 5.41) is 9.16. The van der Waals surface area contributed by atoms with Crippen molar-refractivity contribution in [3.8, 4) is 0 Å². The van der Waals surface area contributed by atoms with Gasteiger partial charge in [0.25, 0.3) is 0 Å². The van der Waals surface area contributed by atoms with Crippen LogP contribution in [0, 0.1) is 0 Å². The lowest BCUT2D eigenvalue weighted by atomic mass is 10.1. The number of piperazine rings is 1. The normalized spacial score (nSPS) is 26.9. The predicted octanol–water partition coefficient (Wildman–Crippen LogP) is 2.07. The van der Waals surface area contributed by atoms with E-state index in [1.807, 2.05) is 17.8 Å². The Kier molecular flexibility index (Phi) is 6.07. The predicted molar refractivity (Wildman–Crippen MR) is 133 cm³/mol. The SMILES string of the molecule is C[C@@H]1CN(c2cc(S(=O)(=O)NC3(C)CC3)cc3c2cnn3C2CCN(C(=O)CCl)C2)C[C@H](C)N1. The molecule has 2 aliphatic heterocycles. The van der Waals surface area contributed by atoms with Crippen molar-refractivity contribution in [2.45, 2.75) is 68.6 Å². The van der Waals surface area contributed by atoms with Gasteiger partial charge >= 0.3 is 0 Å². The van der Waals surface area contributed by atoms with Crippen molar-refractivity contribution in [2.75, 3.05) is 37.0 Å². The Morgan fingerprint density at radius 1 is 1.24 bits per heavy atom. The molecule has 11 heteroatoms. The number of likely N-dealkylation sites (tertiary alicyclic amines) is 1. The van der Waals surface area contributed by atoms with Crippen molar-refractivity contribution in [2.24, 2.45) is 0 Å². The summed E-state index contributed by atoms with van der Waals surface area (Å²) < 4.78 is 31.6. The molecule has 2 N–H and O–H groups in total. The summed E-state index contributed by atoms with van der Waals surface area (Å²) in [7, 11) is -3.70. The van der Waals surface area contributed by atoms with Gasteiger partial charge in [-0.2, -0.15) is 5.10 Å². The molecule has 1 aromatic carbocycles. The van der Waals surface area contributed by atoms with Crippen LogP contribution in [0.2, 0.25) is 0 Å². The molecule has 1 unspecified atom stereocenters. The second-order valence-corrected chi connectivity index (χ2v) is 12.4. The van der Waals surface area contributed by atoms with Crippen LogP contribution < -0.4 is 14.9 Å². The Morgan fingerprint density at radius 2 is 1.94 bits per heavy atom. The van der Waals surface area contributed by atoms with E-state index >= 15 is 0 Å². The van der Waals surface area contributed by atoms with Gasteiger partial charge in [-0.15, -0.1) is 11.6 Å². The Balaban J connectivity index is 1.58. The lowest BCUT2D eigenvalue weighted by Gasteiger charge is -2.38. The molecular formula is C23H33ClN6O3S. The molecule has 5 rings (SSSR count). The minimum atomic E-state index is -3.70. The minimum absolute atomic E-state index is 0.0229. The number of alkyl halides is 1. The van der Waals surface area contributed by atoms with E-state index in [9.17, 15) is 13.2 Å². The van der Waals surface area contributed by atoms with Gasteiger partial charge in [0.15, 0.2) is 0 Å². The molecule has 1 amide bonds. The summed E-state index contributed by atoms with van der Waals surface area (Å²) in [6, 6.07) is 4.07. The molecule has 3 atom stereocenters. The highest BCUT2D eigenvalue weighted by Crippen LogP contribution is 2.38. The average Bonchev–Trinajstić information content (AvgIpc) is 3.17. The van der Waals surface area contributed by atoms with Crippen LogP contribution in [0.3, 0.4) is 0 Å². The summed E-state index contributed by atoms with van der Waals surface area (Å²) in [5.41, 5.74) is 1.31. The van der Waals surface area contributed by atoms with Crippen LogP contribution in [-0.2, 0) is 14.8 Å². The molecule has 3 heterocycles. The molecule has 2 aromatic rings. The van der Waals surface area contributed by atoms with Gasteiger partial charge in [-0.25, -0.2) is 13.1 Å². The van der Waals surface area contributed by atoms with Gasteiger partial charge < -0.3 is 15.1 Å². The molecular weight excluding hydrogens is 476 g/mol. The molecule has 3 aliphatic rings. The minimum Gasteiger partial charge on any atom is -0.368 e. The summed E-state index contributed by atoms with van der Waals surface area (Å²) in [5.74, 6) is -0.127. The Morgan fingerprint density at radius 3 is 2.59 bits per heavy atom. The number of nitrogens with zero attached hydrogens (tertiary/aromatic N) is 4. The first kappa shape index (κ1) is 23.8. The summed E-state index contributed by atoms with van der Waals surface area (Å²) in [6.07, 6.45) is 4.28. The molecule has 2 saturated heterocycles. The topological polar surface area (TPSA) is 99.6 Å². The van der Waals surface area contributed by atoms with Gasteiger partial charge in [-0.1, -0.05) is 0 Å². The fraction of sp³-hybridized carbons (Fsp3) is 0.652. The van der Waals surface area contributed by atoms with E-state index in [1.54, 1.807) is 17.0 Å². The maximum atomic E-state index is 13.4. The van der Waals surface area contributed by atoms with Crippen molar-refractivity contribution in [3.63, 3.8) is 0 Å². The Labute approximate surface area is 205 Å². The number of benzene rings is 1. The highest BCUT2D eigenvalue weighted by molar-refractivity contribution is 7.89. The highest BCUT2D eigenvalue weighted by Gasteiger charge is 2.41. The molecule has 1 aromatic heterocycles. The van der Waals surface area contributed by atoms with Crippen LogP contribution in [0.25, 0.3) is 10.9 Å². The fourth-order valence-corrected chi connectivity index (χ4v) is 6.93. The monoisotopic (exact) mass is 508 g/mol. The molecule has 1 aliphatic carbocycles. The molecule has 0 bridgehead atoms. The number of amides is 1. The number of carbonyl (C=O) groups is 1. The van der Waals surface area contributed by atoms with Crippen LogP contribution in [0.5, 0.6) is 0 Å². The van der Waals surface area contributed by atoms with Crippen LogP contribution >= 0.6 is 11.6 Å². The van der Waals surface area contributed by atoms with Gasteiger partial charge in [0.2, 0.25) is 15.9 Å². The molecule has 186 valence electrons. The van der Waals surface area contributed by atoms with Gasteiger partial charge in [-0.05, 0) is 52.2 Å². The van der Waals surface area contributed by atoms with Crippen LogP contribution in [0.4, 0.5) is 5.69 Å². The van der Waals surface area contributed by atoms with Crippen LogP contribution in [0.1, 0.15) is 46.1 Å². The lowest BCUT2D eigenvalue weighted by molar-refractivity contribution is -0.127. The van der Waals surface area contributed by atoms with E-state index in [-0.39, 0.29) is 40.3 Å². The number of hydrogen-bond acceptors (Lipinski definition) is 6. The van der Waals surface area contributed by atoms with Crippen LogP contribution in [-0.4, -0.2) is 78.7 Å². The smallest absolute Gasteiger partial charge is 0.241 e. The molecule has 0 spiro atoms. The van der Waals surface area contributed by atoms with E-state index in [0.717, 1.165) is 48.9 Å². The number of aromatic nitrogens is 2. The second-order valence-electron chi connectivity index (χ2n) is 10.4. The quantitative estimate of drug-likeness (QED) is 0.579. The third-order valence-electron chi connectivity index (χ3n) is 7.23. The van der Waals surface area contributed by atoms with E-state index in [2.05, 4.69) is 33.9 Å². The Hall–Kier alpha value is -1.88. The highest BCUT2D eigenvalue weighted by atomic mass is 35.5. The number of rotatable bonds is 6. The van der Waals surface area contributed by atoms with Gasteiger partial charge in [-0.3, -0.25) is 9.48 Å². The number of fused-ring (bicyclic) bond motifs is 1. The first-order valence-corrected chi connectivity index (χ1v) is 14.0. The zero-order chi connectivity index (χ0) is 24.3. The van der Waals surface area contributed by atoms with Crippen molar-refractivity contribution in [1.82, 2.24) is 24.7 Å². The number of sulfonamides is 1. The van der Waals surface area contributed by atoms with E-state index in [4.69, 9.17) is 11.6 Å². The third kappa shape index (κ3) is 4.53. The first-order chi connectivity index (χ1) is 16.1.